The Morgan fingerprint density at radius 1 is 1.25 bits per heavy atom. The Bertz CT molecular complexity index is 1060. The van der Waals surface area contributed by atoms with Crippen molar-refractivity contribution in [2.24, 2.45) is 0 Å². The van der Waals surface area contributed by atoms with Gasteiger partial charge in [0.05, 0.1) is 10.5 Å². The summed E-state index contributed by atoms with van der Waals surface area (Å²) in [4.78, 5) is 27.2. The fourth-order valence-corrected chi connectivity index (χ4v) is 4.93. The van der Waals surface area contributed by atoms with Crippen LogP contribution in [0, 0.1) is 6.92 Å². The molecule has 2 aromatic rings. The number of hydrogen-bond donors (Lipinski definition) is 1. The summed E-state index contributed by atoms with van der Waals surface area (Å²) in [5, 5.41) is 3.61. The molecule has 1 aliphatic carbocycles. The fourth-order valence-electron chi connectivity index (χ4n) is 3.90. The van der Waals surface area contributed by atoms with E-state index in [1.54, 1.807) is 18.7 Å². The van der Waals surface area contributed by atoms with Crippen molar-refractivity contribution in [1.29, 1.82) is 0 Å². The molecule has 0 saturated heterocycles. The van der Waals surface area contributed by atoms with E-state index in [9.17, 15) is 18.0 Å². The number of nitrogens with zero attached hydrogens (tertiary/aromatic N) is 2. The number of esters is 1. The van der Waals surface area contributed by atoms with Gasteiger partial charge in [-0.15, -0.1) is 0 Å². The quantitative estimate of drug-likeness (QED) is 0.595. The highest BCUT2D eigenvalue weighted by atomic mass is 32.2. The van der Waals surface area contributed by atoms with E-state index in [1.165, 1.54) is 36.8 Å². The van der Waals surface area contributed by atoms with Gasteiger partial charge in [-0.2, -0.15) is 0 Å². The van der Waals surface area contributed by atoms with Gasteiger partial charge in [0.15, 0.2) is 11.9 Å². The summed E-state index contributed by atoms with van der Waals surface area (Å²) in [7, 11) is -3.99. The van der Waals surface area contributed by atoms with Gasteiger partial charge in [0.1, 0.15) is 5.76 Å². The zero-order chi connectivity index (χ0) is 23.3. The number of hydrogen-bond acceptors (Lipinski definition) is 7. The predicted octanol–water partition coefficient (Wildman–Crippen LogP) is 3.51. The molecule has 1 heterocycles. The van der Waals surface area contributed by atoms with Crippen LogP contribution in [0.15, 0.2) is 39.8 Å². The zero-order valence-electron chi connectivity index (χ0n) is 18.5. The molecule has 1 aromatic heterocycles. The maximum atomic E-state index is 12.9. The lowest BCUT2D eigenvalue weighted by molar-refractivity contribution is -0.142. The average molecular weight is 464 g/mol. The molecule has 9 nitrogen and oxygen atoms in total. The van der Waals surface area contributed by atoms with E-state index < -0.39 is 22.1 Å². The number of rotatable bonds is 8. The Balaban J connectivity index is 1.69. The number of sulfonamides is 1. The number of aromatic nitrogens is 1. The van der Waals surface area contributed by atoms with Gasteiger partial charge in [0.2, 0.25) is 0 Å². The molecule has 1 amide bonds. The molecule has 0 spiro atoms. The standard InChI is InChI=1S/C22H29N3O6S/c1-4-25(18-10-6-5-7-11-18)21(26)16(3)30-22(27)17-9-8-12-19(14-17)32(28,29)24-20-13-15(2)31-23-20/h8-9,12-14,16,18H,4-7,10-11H2,1-3H3,(H,23,24)/t16-/m1/s1. The summed E-state index contributed by atoms with van der Waals surface area (Å²) in [6, 6.07) is 7.04. The molecule has 1 N–H and O–H groups in total. The van der Waals surface area contributed by atoms with Crippen LogP contribution in [0.1, 0.15) is 62.1 Å². The van der Waals surface area contributed by atoms with E-state index in [0.717, 1.165) is 25.7 Å². The number of amides is 1. The van der Waals surface area contributed by atoms with Crippen LogP contribution in [0.25, 0.3) is 0 Å². The van der Waals surface area contributed by atoms with E-state index in [2.05, 4.69) is 9.88 Å². The monoisotopic (exact) mass is 463 g/mol. The first kappa shape index (κ1) is 23.8. The minimum Gasteiger partial charge on any atom is -0.449 e. The van der Waals surface area contributed by atoms with Crippen molar-refractivity contribution in [1.82, 2.24) is 10.1 Å². The second-order valence-corrected chi connectivity index (χ2v) is 9.60. The van der Waals surface area contributed by atoms with Gasteiger partial charge in [-0.25, -0.2) is 13.2 Å². The molecule has 1 aliphatic rings. The van der Waals surface area contributed by atoms with Crippen LogP contribution in [-0.4, -0.2) is 49.0 Å². The minimum absolute atomic E-state index is 0.0320. The van der Waals surface area contributed by atoms with Gasteiger partial charge < -0.3 is 14.2 Å². The van der Waals surface area contributed by atoms with Crippen molar-refractivity contribution in [2.45, 2.75) is 69.9 Å². The third kappa shape index (κ3) is 5.67. The number of likely N-dealkylation sites (N-methyl/N-ethyl adjacent to an activating group) is 1. The highest BCUT2D eigenvalue weighted by molar-refractivity contribution is 7.92. The Morgan fingerprint density at radius 3 is 2.59 bits per heavy atom. The summed E-state index contributed by atoms with van der Waals surface area (Å²) >= 11 is 0. The van der Waals surface area contributed by atoms with E-state index in [0.29, 0.717) is 12.3 Å². The minimum atomic E-state index is -3.99. The largest absolute Gasteiger partial charge is 0.449 e. The van der Waals surface area contributed by atoms with Crippen molar-refractivity contribution in [3.8, 4) is 0 Å². The Morgan fingerprint density at radius 2 is 1.97 bits per heavy atom. The smallest absolute Gasteiger partial charge is 0.338 e. The Hall–Kier alpha value is -2.88. The molecule has 10 heteroatoms. The van der Waals surface area contributed by atoms with Crippen molar-refractivity contribution < 1.29 is 27.3 Å². The second kappa shape index (κ2) is 10.2. The summed E-state index contributed by atoms with van der Waals surface area (Å²) in [5.74, 6) is -0.510. The maximum Gasteiger partial charge on any atom is 0.338 e. The number of aryl methyl sites for hydroxylation is 1. The molecule has 0 unspecified atom stereocenters. The molecular weight excluding hydrogens is 434 g/mol. The van der Waals surface area contributed by atoms with Gasteiger partial charge in [-0.1, -0.05) is 30.5 Å². The Labute approximate surface area is 188 Å². The zero-order valence-corrected chi connectivity index (χ0v) is 19.4. The average Bonchev–Trinajstić information content (AvgIpc) is 3.18. The molecule has 1 atom stereocenters. The molecule has 0 aliphatic heterocycles. The molecule has 1 fully saturated rings. The van der Waals surface area contributed by atoms with Gasteiger partial charge in [0, 0.05) is 18.7 Å². The lowest BCUT2D eigenvalue weighted by Crippen LogP contribution is -2.46. The van der Waals surface area contributed by atoms with Crippen LogP contribution < -0.4 is 4.72 Å². The van der Waals surface area contributed by atoms with Crippen LogP contribution in [0.4, 0.5) is 5.82 Å². The summed E-state index contributed by atoms with van der Waals surface area (Å²) in [6.07, 6.45) is 4.30. The topological polar surface area (TPSA) is 119 Å². The van der Waals surface area contributed by atoms with E-state index in [1.807, 2.05) is 6.92 Å². The van der Waals surface area contributed by atoms with Gasteiger partial charge in [0.25, 0.3) is 15.9 Å². The number of nitrogens with one attached hydrogen (secondary N) is 1. The van der Waals surface area contributed by atoms with E-state index >= 15 is 0 Å². The number of benzene rings is 1. The van der Waals surface area contributed by atoms with Crippen molar-refractivity contribution in [2.75, 3.05) is 11.3 Å². The molecule has 0 radical (unpaired) electrons. The lowest BCUT2D eigenvalue weighted by Gasteiger charge is -2.35. The molecule has 3 rings (SSSR count). The molecule has 1 aromatic carbocycles. The highest BCUT2D eigenvalue weighted by Crippen LogP contribution is 2.24. The second-order valence-electron chi connectivity index (χ2n) is 7.92. The number of carbonyl (C=O) groups is 2. The summed E-state index contributed by atoms with van der Waals surface area (Å²) in [6.45, 7) is 5.64. The van der Waals surface area contributed by atoms with Crippen LogP contribution in [-0.2, 0) is 19.6 Å². The van der Waals surface area contributed by atoms with Gasteiger partial charge in [-0.3, -0.25) is 9.52 Å². The van der Waals surface area contributed by atoms with Gasteiger partial charge in [-0.05, 0) is 51.8 Å². The van der Waals surface area contributed by atoms with Crippen LogP contribution >= 0.6 is 0 Å². The highest BCUT2D eigenvalue weighted by Gasteiger charge is 2.30. The molecule has 174 valence electrons. The third-order valence-corrected chi connectivity index (χ3v) is 6.87. The number of anilines is 1. The van der Waals surface area contributed by atoms with Gasteiger partial charge >= 0.3 is 5.97 Å². The van der Waals surface area contributed by atoms with E-state index in [4.69, 9.17) is 9.26 Å². The first-order chi connectivity index (χ1) is 15.2. The molecule has 1 saturated carbocycles. The first-order valence-corrected chi connectivity index (χ1v) is 12.3. The summed E-state index contributed by atoms with van der Waals surface area (Å²) in [5.41, 5.74) is 0.0320. The van der Waals surface area contributed by atoms with Crippen LogP contribution in [0.3, 0.4) is 0 Å². The Kier molecular flexibility index (Phi) is 7.55. The predicted molar refractivity (Wildman–Crippen MR) is 118 cm³/mol. The van der Waals surface area contributed by atoms with Crippen molar-refractivity contribution in [3.05, 3.63) is 41.7 Å². The van der Waals surface area contributed by atoms with Crippen LogP contribution in [0.2, 0.25) is 0 Å². The number of ether oxygens (including phenoxy) is 1. The first-order valence-electron chi connectivity index (χ1n) is 10.8. The van der Waals surface area contributed by atoms with Crippen molar-refractivity contribution in [3.63, 3.8) is 0 Å². The molecule has 32 heavy (non-hydrogen) atoms. The maximum absolute atomic E-state index is 12.9. The normalized spacial score (nSPS) is 15.7. The SMILES string of the molecule is CCN(C(=O)[C@@H](C)OC(=O)c1cccc(S(=O)(=O)Nc2cc(C)on2)c1)C1CCCCC1. The number of carbonyl (C=O) groups excluding carboxylic acids is 2. The lowest BCUT2D eigenvalue weighted by atomic mass is 9.94. The summed E-state index contributed by atoms with van der Waals surface area (Å²) < 4.78 is 37.8. The molecular formula is C22H29N3O6S. The molecule has 0 bridgehead atoms. The van der Waals surface area contributed by atoms with Crippen molar-refractivity contribution >= 4 is 27.7 Å². The van der Waals surface area contributed by atoms with E-state index in [-0.39, 0.29) is 28.2 Å². The van der Waals surface area contributed by atoms with Crippen LogP contribution in [0.5, 0.6) is 0 Å². The third-order valence-electron chi connectivity index (χ3n) is 5.52. The fraction of sp³-hybridized carbons (Fsp3) is 0.500.